The lowest BCUT2D eigenvalue weighted by atomic mass is 9.96. The first-order chi connectivity index (χ1) is 6.89. The molecule has 0 radical (unpaired) electrons. The van der Waals surface area contributed by atoms with E-state index in [-0.39, 0.29) is 5.41 Å². The van der Waals surface area contributed by atoms with E-state index in [2.05, 4.69) is 41.7 Å². The average molecular weight is 268 g/mol. The van der Waals surface area contributed by atoms with Crippen LogP contribution < -0.4 is 5.73 Å². The van der Waals surface area contributed by atoms with Gasteiger partial charge in [0, 0.05) is 16.1 Å². The largest absolute Gasteiger partial charge is 0.382 e. The van der Waals surface area contributed by atoms with Crippen molar-refractivity contribution in [1.29, 1.82) is 0 Å². The molecule has 0 aromatic carbocycles. The third kappa shape index (κ3) is 1.74. The second-order valence-corrected chi connectivity index (χ2v) is 5.59. The highest BCUT2D eigenvalue weighted by Crippen LogP contribution is 2.27. The first-order valence-corrected chi connectivity index (χ1v) is 5.62. The molecule has 80 valence electrons. The first kappa shape index (κ1) is 10.5. The van der Waals surface area contributed by atoms with Crippen LogP contribution in [0.15, 0.2) is 22.8 Å². The van der Waals surface area contributed by atoms with Gasteiger partial charge in [-0.15, -0.1) is 0 Å². The molecule has 0 aliphatic carbocycles. The van der Waals surface area contributed by atoms with Gasteiger partial charge in [-0.25, -0.2) is 4.98 Å². The maximum Gasteiger partial charge on any atom is 0.149 e. The van der Waals surface area contributed by atoms with Gasteiger partial charge >= 0.3 is 0 Å². The number of imidazole rings is 1. The van der Waals surface area contributed by atoms with Gasteiger partial charge in [0.2, 0.25) is 0 Å². The van der Waals surface area contributed by atoms with Gasteiger partial charge in [-0.3, -0.25) is 0 Å². The Hall–Kier alpha value is -1.03. The summed E-state index contributed by atoms with van der Waals surface area (Å²) in [6.07, 6.45) is 2.00. The standard InChI is InChI=1S/C11H14BrN3/c1-11(2,3)10-14-9(13)8-5-4-7(12)6-15(8)10/h4-6H,13H2,1-3H3. The number of halogens is 1. The Morgan fingerprint density at radius 2 is 2.00 bits per heavy atom. The van der Waals surface area contributed by atoms with E-state index < -0.39 is 0 Å². The second-order valence-electron chi connectivity index (χ2n) is 4.67. The number of nitrogens with two attached hydrogens (primary N) is 1. The van der Waals surface area contributed by atoms with Gasteiger partial charge < -0.3 is 10.1 Å². The van der Waals surface area contributed by atoms with Crippen molar-refractivity contribution in [2.45, 2.75) is 26.2 Å². The third-order valence-corrected chi connectivity index (χ3v) is 2.77. The number of nitrogens with zero attached hydrogens (tertiary/aromatic N) is 2. The fraction of sp³-hybridized carbons (Fsp3) is 0.364. The normalized spacial score (nSPS) is 12.3. The molecule has 0 saturated heterocycles. The van der Waals surface area contributed by atoms with Crippen molar-refractivity contribution in [3.63, 3.8) is 0 Å². The van der Waals surface area contributed by atoms with Crippen LogP contribution in [0.1, 0.15) is 26.6 Å². The van der Waals surface area contributed by atoms with E-state index in [1.54, 1.807) is 0 Å². The van der Waals surface area contributed by atoms with Gasteiger partial charge in [-0.1, -0.05) is 20.8 Å². The summed E-state index contributed by atoms with van der Waals surface area (Å²) >= 11 is 3.45. The number of anilines is 1. The maximum absolute atomic E-state index is 5.88. The highest BCUT2D eigenvalue weighted by molar-refractivity contribution is 9.10. The van der Waals surface area contributed by atoms with E-state index >= 15 is 0 Å². The summed E-state index contributed by atoms with van der Waals surface area (Å²) in [6, 6.07) is 3.95. The number of rotatable bonds is 0. The van der Waals surface area contributed by atoms with E-state index in [4.69, 9.17) is 5.73 Å². The van der Waals surface area contributed by atoms with Crippen LogP contribution in [0.2, 0.25) is 0 Å². The summed E-state index contributed by atoms with van der Waals surface area (Å²) in [7, 11) is 0. The summed E-state index contributed by atoms with van der Waals surface area (Å²) in [4.78, 5) is 4.42. The fourth-order valence-corrected chi connectivity index (χ4v) is 1.95. The SMILES string of the molecule is CC(C)(C)c1nc(N)c2ccc(Br)cn12. The first-order valence-electron chi connectivity index (χ1n) is 4.83. The molecule has 0 unspecified atom stereocenters. The van der Waals surface area contributed by atoms with Crippen molar-refractivity contribution in [3.05, 3.63) is 28.6 Å². The fourth-order valence-electron chi connectivity index (χ4n) is 1.61. The zero-order valence-electron chi connectivity index (χ0n) is 9.08. The molecule has 0 atom stereocenters. The zero-order valence-corrected chi connectivity index (χ0v) is 10.7. The highest BCUT2D eigenvalue weighted by atomic mass is 79.9. The number of nitrogen functional groups attached to an aromatic ring is 1. The Balaban J connectivity index is 2.81. The van der Waals surface area contributed by atoms with E-state index in [1.165, 1.54) is 0 Å². The van der Waals surface area contributed by atoms with Crippen LogP contribution in [0.25, 0.3) is 5.52 Å². The van der Waals surface area contributed by atoms with Crippen molar-refractivity contribution in [2.75, 3.05) is 5.73 Å². The van der Waals surface area contributed by atoms with Gasteiger partial charge in [0.1, 0.15) is 11.6 Å². The van der Waals surface area contributed by atoms with Crippen molar-refractivity contribution in [1.82, 2.24) is 9.38 Å². The second kappa shape index (κ2) is 3.23. The molecule has 2 rings (SSSR count). The number of hydrogen-bond acceptors (Lipinski definition) is 2. The van der Waals surface area contributed by atoms with Gasteiger partial charge in [0.25, 0.3) is 0 Å². The number of fused-ring (bicyclic) bond motifs is 1. The molecule has 0 aliphatic heterocycles. The summed E-state index contributed by atoms with van der Waals surface area (Å²) in [6.45, 7) is 6.38. The van der Waals surface area contributed by atoms with Crippen molar-refractivity contribution in [2.24, 2.45) is 0 Å². The van der Waals surface area contributed by atoms with Crippen LogP contribution >= 0.6 is 15.9 Å². The molecular formula is C11H14BrN3. The van der Waals surface area contributed by atoms with Crippen LogP contribution in [0, 0.1) is 0 Å². The predicted octanol–water partition coefficient (Wildman–Crippen LogP) is 2.98. The van der Waals surface area contributed by atoms with Gasteiger partial charge in [-0.05, 0) is 28.1 Å². The molecule has 0 spiro atoms. The Labute approximate surface area is 97.4 Å². The molecule has 0 saturated carbocycles. The number of aromatic nitrogens is 2. The molecule has 2 N–H and O–H groups in total. The van der Waals surface area contributed by atoms with Crippen LogP contribution in [0.4, 0.5) is 5.82 Å². The van der Waals surface area contributed by atoms with Gasteiger partial charge in [0.05, 0.1) is 5.52 Å². The Bertz CT molecular complexity index is 508. The van der Waals surface area contributed by atoms with Crippen LogP contribution in [-0.4, -0.2) is 9.38 Å². The molecule has 3 nitrogen and oxygen atoms in total. The van der Waals surface area contributed by atoms with Crippen LogP contribution in [-0.2, 0) is 5.41 Å². The van der Waals surface area contributed by atoms with Crippen molar-refractivity contribution >= 4 is 27.3 Å². The summed E-state index contributed by atoms with van der Waals surface area (Å²) in [5.74, 6) is 1.57. The Morgan fingerprint density at radius 1 is 1.33 bits per heavy atom. The molecule has 0 amide bonds. The lowest BCUT2D eigenvalue weighted by Crippen LogP contribution is -2.15. The molecule has 0 aliphatic rings. The van der Waals surface area contributed by atoms with E-state index in [0.29, 0.717) is 5.82 Å². The average Bonchev–Trinajstić information content (AvgIpc) is 2.42. The molecule has 15 heavy (non-hydrogen) atoms. The maximum atomic E-state index is 5.88. The van der Waals surface area contributed by atoms with E-state index in [0.717, 1.165) is 15.8 Å². The monoisotopic (exact) mass is 267 g/mol. The predicted molar refractivity (Wildman–Crippen MR) is 66.0 cm³/mol. The summed E-state index contributed by atoms with van der Waals surface area (Å²) < 4.78 is 3.07. The number of hydrogen-bond donors (Lipinski definition) is 1. The summed E-state index contributed by atoms with van der Waals surface area (Å²) in [5.41, 5.74) is 6.83. The summed E-state index contributed by atoms with van der Waals surface area (Å²) in [5, 5.41) is 0. The molecule has 0 fully saturated rings. The lowest BCUT2D eigenvalue weighted by Gasteiger charge is -2.16. The van der Waals surface area contributed by atoms with Crippen LogP contribution in [0.3, 0.4) is 0 Å². The highest BCUT2D eigenvalue weighted by Gasteiger charge is 2.21. The van der Waals surface area contributed by atoms with E-state index in [1.807, 2.05) is 22.7 Å². The van der Waals surface area contributed by atoms with Gasteiger partial charge in [0.15, 0.2) is 0 Å². The van der Waals surface area contributed by atoms with Crippen molar-refractivity contribution < 1.29 is 0 Å². The van der Waals surface area contributed by atoms with E-state index in [9.17, 15) is 0 Å². The topological polar surface area (TPSA) is 43.3 Å². The third-order valence-electron chi connectivity index (χ3n) is 2.30. The molecule has 2 aromatic heterocycles. The molecule has 0 bridgehead atoms. The minimum absolute atomic E-state index is 0.0126. The van der Waals surface area contributed by atoms with Gasteiger partial charge in [-0.2, -0.15) is 0 Å². The minimum Gasteiger partial charge on any atom is -0.382 e. The molecule has 2 heterocycles. The quantitative estimate of drug-likeness (QED) is 0.798. The minimum atomic E-state index is -0.0126. The lowest BCUT2D eigenvalue weighted by molar-refractivity contribution is 0.543. The smallest absolute Gasteiger partial charge is 0.149 e. The Kier molecular flexibility index (Phi) is 2.26. The molecule has 2 aromatic rings. The molecule has 4 heteroatoms. The molecular weight excluding hydrogens is 254 g/mol. The van der Waals surface area contributed by atoms with Crippen LogP contribution in [0.5, 0.6) is 0 Å². The van der Waals surface area contributed by atoms with Crippen molar-refractivity contribution in [3.8, 4) is 0 Å². The number of pyridine rings is 1. The Morgan fingerprint density at radius 3 is 2.60 bits per heavy atom. The zero-order chi connectivity index (χ0) is 11.2.